The summed E-state index contributed by atoms with van der Waals surface area (Å²) < 4.78 is 0. The lowest BCUT2D eigenvalue weighted by atomic mass is 8.98. The van der Waals surface area contributed by atoms with Gasteiger partial charge in [0, 0.05) is 60.3 Å². The SMILES string of the molecule is [B][B][B][B][B][B]C[B]CC.[HH].[HH].[HH].[HH].[HH].[HH].[HH].[HH].[HH].[HH].[HH].[HH]. The van der Waals surface area contributed by atoms with E-state index in [4.69, 9.17) is 7.74 Å². The Kier molecular flexibility index (Phi) is 9.88. The number of rotatable bonds is 7. The maximum Gasteiger partial charge on any atom is 0.0993 e. The van der Waals surface area contributed by atoms with Crippen molar-refractivity contribution in [1.82, 2.24) is 0 Å². The van der Waals surface area contributed by atoms with Crippen LogP contribution in [-0.4, -0.2) is 50.4 Å². The summed E-state index contributed by atoms with van der Waals surface area (Å²) in [4.78, 5) is 0. The zero-order valence-corrected chi connectivity index (χ0v) is 6.46. The van der Waals surface area contributed by atoms with Gasteiger partial charge in [0.05, 0.1) is 7.28 Å². The summed E-state index contributed by atoms with van der Waals surface area (Å²) in [5.74, 6) is 0. The summed E-state index contributed by atoms with van der Waals surface area (Å²) in [6, 6.07) is 0. The summed E-state index contributed by atoms with van der Waals surface area (Å²) in [6.07, 6.45) is 2.18. The molecule has 0 unspecified atom stereocenters. The molecule has 0 heterocycles. The van der Waals surface area contributed by atoms with Gasteiger partial charge in [0.15, 0.2) is 0 Å². The standard InChI is InChI=1S/C3H7B7.12H2/c1-2-5-3-6-8-10-9-7-4;;;;;;;;;;;;/h2-3H2,1H3;12*1H. The van der Waals surface area contributed by atoms with Gasteiger partial charge in [-0.15, -0.1) is 6.22 Å². The minimum Gasteiger partial charge on any atom is -0.115 e. The smallest absolute Gasteiger partial charge is 0.0993 e. The highest BCUT2D eigenvalue weighted by atomic mass is 13.4. The summed E-state index contributed by atoms with van der Waals surface area (Å²) in [7, 11) is 16.7. The van der Waals surface area contributed by atoms with Crippen molar-refractivity contribution in [3.05, 3.63) is 0 Å². The van der Waals surface area contributed by atoms with Gasteiger partial charge in [-0.05, 0) is 0 Å². The molecule has 64 valence electrons. The Morgan fingerprint density at radius 1 is 1.30 bits per heavy atom. The first-order valence-corrected chi connectivity index (χ1v) is 3.60. The van der Waals surface area contributed by atoms with E-state index >= 15 is 0 Å². The third-order valence-corrected chi connectivity index (χ3v) is 1.06. The second kappa shape index (κ2) is 9.45. The molecular formula is C3H31B7. The van der Waals surface area contributed by atoms with Crippen LogP contribution in [0.25, 0.3) is 0 Å². The molecule has 10 heavy (non-hydrogen) atoms. The van der Waals surface area contributed by atoms with Crippen LogP contribution >= 0.6 is 0 Å². The van der Waals surface area contributed by atoms with E-state index < -0.39 is 0 Å². The van der Waals surface area contributed by atoms with Gasteiger partial charge in [0.25, 0.3) is 0 Å². The zero-order chi connectivity index (χ0) is 7.66. The van der Waals surface area contributed by atoms with Crippen LogP contribution in [0, 0.1) is 0 Å². The van der Waals surface area contributed by atoms with Crippen molar-refractivity contribution >= 4 is 50.4 Å². The molecule has 0 saturated heterocycles. The van der Waals surface area contributed by atoms with Gasteiger partial charge in [-0.2, -0.15) is 0 Å². The molecule has 8 radical (unpaired) electrons. The van der Waals surface area contributed by atoms with Crippen molar-refractivity contribution in [2.75, 3.05) is 0 Å². The molecule has 0 rings (SSSR count). The highest BCUT2D eigenvalue weighted by Gasteiger charge is 1.92. The summed E-state index contributed by atoms with van der Waals surface area (Å²) in [6.45, 7) is 2.14. The van der Waals surface area contributed by atoms with Gasteiger partial charge in [0.2, 0.25) is 0 Å². The fourth-order valence-electron chi connectivity index (χ4n) is 0.548. The maximum atomic E-state index is 5.12. The number of hydrogen-bond donors (Lipinski definition) is 0. The quantitative estimate of drug-likeness (QED) is 0.376. The van der Waals surface area contributed by atoms with Gasteiger partial charge in [-0.3, -0.25) is 0 Å². The van der Waals surface area contributed by atoms with E-state index in [1.165, 1.54) is 7.06 Å². The normalized spacial score (nSPS) is 7.70. The molecule has 0 N–H and O–H groups in total. The fraction of sp³-hybridized carbons (Fsp3) is 1.00. The minimum atomic E-state index is 0. The topological polar surface area (TPSA) is 0 Å². The predicted molar refractivity (Wildman–Crippen MR) is 80.9 cm³/mol. The predicted octanol–water partition coefficient (Wildman–Crippen LogP) is 1.72. The zero-order valence-electron chi connectivity index (χ0n) is 6.46. The number of hydrogen-bond acceptors (Lipinski definition) is 0. The van der Waals surface area contributed by atoms with Gasteiger partial charge in [0.1, 0.15) is 0 Å². The Bertz CT molecular complexity index is 70.7. The Labute approximate surface area is 88.3 Å². The third-order valence-electron chi connectivity index (χ3n) is 1.06. The van der Waals surface area contributed by atoms with Crippen molar-refractivity contribution in [3.63, 3.8) is 0 Å². The molecule has 0 saturated carbocycles. The Balaban J connectivity index is -0.00000000614. The fourth-order valence-corrected chi connectivity index (χ4v) is 0.548. The molecule has 0 aromatic carbocycles. The van der Waals surface area contributed by atoms with Crippen molar-refractivity contribution in [1.29, 1.82) is 0 Å². The lowest BCUT2D eigenvalue weighted by Crippen LogP contribution is -2.23. The van der Waals surface area contributed by atoms with Crippen molar-refractivity contribution in [2.24, 2.45) is 0 Å². The van der Waals surface area contributed by atoms with E-state index in [9.17, 15) is 0 Å². The van der Waals surface area contributed by atoms with Crippen LogP contribution in [0.5, 0.6) is 0 Å². The van der Waals surface area contributed by atoms with Crippen LogP contribution in [0.4, 0.5) is 0 Å². The van der Waals surface area contributed by atoms with Crippen molar-refractivity contribution in [3.8, 4) is 0 Å². The van der Waals surface area contributed by atoms with E-state index in [0.717, 1.165) is 12.5 Å². The van der Waals surface area contributed by atoms with E-state index in [0.29, 0.717) is 0 Å². The first kappa shape index (κ1) is 10.5. The van der Waals surface area contributed by atoms with Gasteiger partial charge in [-0.25, -0.2) is 0 Å². The largest absolute Gasteiger partial charge is 0.115 e. The lowest BCUT2D eigenvalue weighted by Gasteiger charge is -1.92. The van der Waals surface area contributed by atoms with Gasteiger partial charge < -0.3 is 0 Å². The van der Waals surface area contributed by atoms with Crippen LogP contribution in [0.1, 0.15) is 24.0 Å². The van der Waals surface area contributed by atoms with Crippen LogP contribution in [0.2, 0.25) is 12.5 Å². The van der Waals surface area contributed by atoms with Crippen LogP contribution < -0.4 is 0 Å². The molecule has 0 aliphatic rings. The maximum absolute atomic E-state index is 5.12. The van der Waals surface area contributed by atoms with Crippen molar-refractivity contribution in [2.45, 2.75) is 19.5 Å². The molecule has 7 heteroatoms. The molecule has 0 spiro atoms. The Morgan fingerprint density at radius 3 is 2.70 bits per heavy atom. The molecule has 0 fully saturated rings. The summed E-state index contributed by atoms with van der Waals surface area (Å²) in [5.41, 5.74) is 0. The molecule has 0 aliphatic heterocycles. The van der Waals surface area contributed by atoms with E-state index in [-0.39, 0.29) is 17.1 Å². The average molecular weight is 143 g/mol. The Morgan fingerprint density at radius 2 is 2.10 bits per heavy atom. The molecular weight excluding hydrogens is 112 g/mol. The minimum absolute atomic E-state index is 0. The summed E-state index contributed by atoms with van der Waals surface area (Å²) >= 11 is 0. The molecule has 0 atom stereocenters. The second-order valence-corrected chi connectivity index (χ2v) is 1.94. The molecule has 0 nitrogen and oxygen atoms in total. The van der Waals surface area contributed by atoms with E-state index in [2.05, 4.69) is 21.4 Å². The second-order valence-electron chi connectivity index (χ2n) is 1.94. The first-order valence-electron chi connectivity index (χ1n) is 3.60. The van der Waals surface area contributed by atoms with Crippen LogP contribution in [0.15, 0.2) is 0 Å². The van der Waals surface area contributed by atoms with Crippen molar-refractivity contribution < 1.29 is 17.1 Å². The highest BCUT2D eigenvalue weighted by Crippen LogP contribution is 1.78. The molecule has 0 amide bonds. The Hall–Kier alpha value is 0.455. The molecule has 0 bridgehead atoms. The van der Waals surface area contributed by atoms with Crippen LogP contribution in [0.3, 0.4) is 0 Å². The third kappa shape index (κ3) is 8.45. The average Bonchev–Trinajstić information content (AvgIpc) is 1.97. The lowest BCUT2D eigenvalue weighted by molar-refractivity contribution is 1.45. The molecule has 0 aromatic rings. The van der Waals surface area contributed by atoms with E-state index in [1.807, 2.05) is 21.2 Å². The first-order chi connectivity index (χ1) is 4.91. The van der Waals surface area contributed by atoms with Crippen LogP contribution in [-0.2, 0) is 0 Å². The van der Waals surface area contributed by atoms with Gasteiger partial charge in [-0.1, -0.05) is 13.2 Å². The highest BCUT2D eigenvalue weighted by molar-refractivity contribution is 7.57. The monoisotopic (exact) mass is 144 g/mol. The van der Waals surface area contributed by atoms with E-state index in [1.54, 1.807) is 0 Å². The van der Waals surface area contributed by atoms with Gasteiger partial charge >= 0.3 is 0 Å². The molecule has 0 aromatic heterocycles. The summed E-state index contributed by atoms with van der Waals surface area (Å²) in [5, 5.41) is 0. The molecule has 0 aliphatic carbocycles.